The molecule has 2 aromatic rings. The summed E-state index contributed by atoms with van der Waals surface area (Å²) in [5, 5.41) is 11.5. The second-order valence-electron chi connectivity index (χ2n) is 6.56. The van der Waals surface area contributed by atoms with Crippen LogP contribution < -0.4 is 5.32 Å². The third-order valence-electron chi connectivity index (χ3n) is 4.86. The number of hydrogen-bond donors (Lipinski definition) is 1. The molecule has 1 aromatic carbocycles. The van der Waals surface area contributed by atoms with Gasteiger partial charge in [0.05, 0.1) is 6.54 Å². The highest BCUT2D eigenvalue weighted by atomic mass is 16.1. The molecule has 0 spiro atoms. The Morgan fingerprint density at radius 3 is 2.54 bits per heavy atom. The fourth-order valence-corrected chi connectivity index (χ4v) is 3.11. The van der Waals surface area contributed by atoms with Crippen LogP contribution in [0.15, 0.2) is 24.3 Å². The normalized spacial score (nSPS) is 16.3. The molecule has 24 heavy (non-hydrogen) atoms. The van der Waals surface area contributed by atoms with Crippen molar-refractivity contribution >= 4 is 5.91 Å². The number of rotatable bonds is 4. The van der Waals surface area contributed by atoms with E-state index in [1.807, 2.05) is 49.7 Å². The third kappa shape index (κ3) is 3.64. The van der Waals surface area contributed by atoms with Gasteiger partial charge in [0.15, 0.2) is 0 Å². The lowest BCUT2D eigenvalue weighted by Gasteiger charge is -2.32. The molecule has 1 fully saturated rings. The van der Waals surface area contributed by atoms with E-state index in [4.69, 9.17) is 0 Å². The number of likely N-dealkylation sites (tertiary alicyclic amines) is 1. The summed E-state index contributed by atoms with van der Waals surface area (Å²) in [6.45, 7) is 6.68. The van der Waals surface area contributed by atoms with Crippen LogP contribution in [-0.2, 0) is 13.6 Å². The van der Waals surface area contributed by atoms with Crippen molar-refractivity contribution < 1.29 is 4.79 Å². The molecule has 0 saturated carbocycles. The maximum atomic E-state index is 12.4. The van der Waals surface area contributed by atoms with E-state index >= 15 is 0 Å². The molecule has 3 rings (SSSR count). The van der Waals surface area contributed by atoms with Crippen molar-refractivity contribution in [3.63, 3.8) is 0 Å². The Morgan fingerprint density at radius 1 is 1.21 bits per heavy atom. The topological polar surface area (TPSA) is 63.1 Å². The number of nitrogens with one attached hydrogen (secondary N) is 1. The molecule has 1 aliphatic rings. The number of benzene rings is 1. The van der Waals surface area contributed by atoms with Gasteiger partial charge >= 0.3 is 0 Å². The Morgan fingerprint density at radius 2 is 1.92 bits per heavy atom. The fraction of sp³-hybridized carbons (Fsp3) is 0.500. The van der Waals surface area contributed by atoms with Crippen LogP contribution in [0.5, 0.6) is 0 Å². The largest absolute Gasteiger partial charge is 0.349 e. The zero-order valence-electron chi connectivity index (χ0n) is 14.6. The molecule has 0 bridgehead atoms. The monoisotopic (exact) mass is 327 g/mol. The van der Waals surface area contributed by atoms with Gasteiger partial charge in [-0.1, -0.05) is 18.2 Å². The van der Waals surface area contributed by atoms with Gasteiger partial charge in [-0.05, 0) is 38.3 Å². The highest BCUT2D eigenvalue weighted by Crippen LogP contribution is 2.15. The average Bonchev–Trinajstić information content (AvgIpc) is 2.89. The van der Waals surface area contributed by atoms with Crippen LogP contribution >= 0.6 is 0 Å². The van der Waals surface area contributed by atoms with E-state index in [9.17, 15) is 4.79 Å². The first kappa shape index (κ1) is 16.6. The molecule has 2 heterocycles. The maximum absolute atomic E-state index is 12.4. The number of aryl methyl sites for hydroxylation is 2. The summed E-state index contributed by atoms with van der Waals surface area (Å²) < 4.78 is 2.03. The van der Waals surface area contributed by atoms with Crippen LogP contribution in [0.25, 0.3) is 0 Å². The first-order chi connectivity index (χ1) is 11.5. The average molecular weight is 327 g/mol. The van der Waals surface area contributed by atoms with Crippen LogP contribution in [0.2, 0.25) is 0 Å². The molecule has 6 heteroatoms. The van der Waals surface area contributed by atoms with Gasteiger partial charge in [-0.2, -0.15) is 0 Å². The molecule has 0 unspecified atom stereocenters. The predicted molar refractivity (Wildman–Crippen MR) is 92.7 cm³/mol. The molecule has 0 atom stereocenters. The van der Waals surface area contributed by atoms with E-state index in [1.54, 1.807) is 0 Å². The van der Waals surface area contributed by atoms with E-state index in [0.29, 0.717) is 0 Å². The van der Waals surface area contributed by atoms with E-state index < -0.39 is 0 Å². The van der Waals surface area contributed by atoms with Gasteiger partial charge in [-0.25, -0.2) is 0 Å². The molecule has 1 aromatic heterocycles. The van der Waals surface area contributed by atoms with Crippen molar-refractivity contribution in [1.29, 1.82) is 0 Å². The molecular weight excluding hydrogens is 302 g/mol. The summed E-state index contributed by atoms with van der Waals surface area (Å²) >= 11 is 0. The van der Waals surface area contributed by atoms with E-state index in [2.05, 4.69) is 20.4 Å². The number of nitrogens with zero attached hydrogens (tertiary/aromatic N) is 4. The van der Waals surface area contributed by atoms with Crippen molar-refractivity contribution in [2.75, 3.05) is 13.1 Å². The van der Waals surface area contributed by atoms with Crippen LogP contribution in [0, 0.1) is 13.8 Å². The maximum Gasteiger partial charge on any atom is 0.251 e. The molecule has 128 valence electrons. The summed E-state index contributed by atoms with van der Waals surface area (Å²) in [6.07, 6.45) is 1.93. The van der Waals surface area contributed by atoms with Gasteiger partial charge in [0, 0.05) is 31.7 Å². The molecular formula is C18H25N5O. The van der Waals surface area contributed by atoms with Crippen molar-refractivity contribution in [2.24, 2.45) is 7.05 Å². The number of piperidine rings is 1. The van der Waals surface area contributed by atoms with Gasteiger partial charge < -0.3 is 9.88 Å². The lowest BCUT2D eigenvalue weighted by molar-refractivity contribution is 0.0907. The van der Waals surface area contributed by atoms with Crippen LogP contribution in [0.3, 0.4) is 0 Å². The Bertz CT molecular complexity index is 716. The first-order valence-corrected chi connectivity index (χ1v) is 8.48. The Labute approximate surface area is 142 Å². The first-order valence-electron chi connectivity index (χ1n) is 8.48. The minimum Gasteiger partial charge on any atom is -0.349 e. The molecule has 1 saturated heterocycles. The Hall–Kier alpha value is -2.21. The summed E-state index contributed by atoms with van der Waals surface area (Å²) in [4.78, 5) is 14.8. The fourth-order valence-electron chi connectivity index (χ4n) is 3.11. The number of carbonyl (C=O) groups is 1. The van der Waals surface area contributed by atoms with Gasteiger partial charge in [-0.3, -0.25) is 9.69 Å². The SMILES string of the molecule is Cc1ccccc1C(=O)NC1CCN(Cc2nnc(C)n2C)CC1. The molecule has 6 nitrogen and oxygen atoms in total. The number of hydrogen-bond acceptors (Lipinski definition) is 4. The zero-order chi connectivity index (χ0) is 17.1. The molecule has 0 radical (unpaired) electrons. The van der Waals surface area contributed by atoms with E-state index in [1.165, 1.54) is 0 Å². The Kier molecular flexibility index (Phi) is 4.94. The molecule has 0 aliphatic carbocycles. The summed E-state index contributed by atoms with van der Waals surface area (Å²) in [6, 6.07) is 7.97. The smallest absolute Gasteiger partial charge is 0.251 e. The number of aromatic nitrogens is 3. The van der Waals surface area contributed by atoms with Gasteiger partial charge in [0.25, 0.3) is 5.91 Å². The molecule has 1 N–H and O–H groups in total. The Balaban J connectivity index is 1.51. The van der Waals surface area contributed by atoms with E-state index in [-0.39, 0.29) is 11.9 Å². The summed E-state index contributed by atoms with van der Waals surface area (Å²) in [5.74, 6) is 1.97. The number of amides is 1. The minimum atomic E-state index is 0.0375. The minimum absolute atomic E-state index is 0.0375. The van der Waals surface area contributed by atoms with Crippen LogP contribution in [0.4, 0.5) is 0 Å². The quantitative estimate of drug-likeness (QED) is 0.930. The van der Waals surface area contributed by atoms with Gasteiger partial charge in [0.1, 0.15) is 11.6 Å². The van der Waals surface area contributed by atoms with Crippen molar-refractivity contribution in [3.8, 4) is 0 Å². The van der Waals surface area contributed by atoms with E-state index in [0.717, 1.165) is 55.3 Å². The van der Waals surface area contributed by atoms with Gasteiger partial charge in [0.2, 0.25) is 0 Å². The highest BCUT2D eigenvalue weighted by Gasteiger charge is 2.22. The summed E-state index contributed by atoms with van der Waals surface area (Å²) in [5.41, 5.74) is 1.79. The van der Waals surface area contributed by atoms with Crippen molar-refractivity contribution in [3.05, 3.63) is 47.0 Å². The van der Waals surface area contributed by atoms with Crippen LogP contribution in [0.1, 0.15) is 40.4 Å². The lowest BCUT2D eigenvalue weighted by Crippen LogP contribution is -2.44. The number of carbonyl (C=O) groups excluding carboxylic acids is 1. The molecule has 1 aliphatic heterocycles. The second kappa shape index (κ2) is 7.13. The van der Waals surface area contributed by atoms with Gasteiger partial charge in [-0.15, -0.1) is 10.2 Å². The predicted octanol–water partition coefficient (Wildman–Crippen LogP) is 1.83. The standard InChI is InChI=1S/C18H25N5O/c1-13-6-4-5-7-16(13)18(24)19-15-8-10-23(11-9-15)12-17-21-20-14(2)22(17)3/h4-7,15H,8-12H2,1-3H3,(H,19,24). The van der Waals surface area contributed by atoms with Crippen LogP contribution in [-0.4, -0.2) is 44.7 Å². The molecule has 1 amide bonds. The van der Waals surface area contributed by atoms with Crippen molar-refractivity contribution in [2.45, 2.75) is 39.3 Å². The summed E-state index contributed by atoms with van der Waals surface area (Å²) in [7, 11) is 2.00. The second-order valence-corrected chi connectivity index (χ2v) is 6.56. The van der Waals surface area contributed by atoms with Crippen molar-refractivity contribution in [1.82, 2.24) is 25.0 Å². The lowest BCUT2D eigenvalue weighted by atomic mass is 10.0. The zero-order valence-corrected chi connectivity index (χ0v) is 14.6. The third-order valence-corrected chi connectivity index (χ3v) is 4.86. The highest BCUT2D eigenvalue weighted by molar-refractivity contribution is 5.95.